The minimum atomic E-state index is -0.0898. The van der Waals surface area contributed by atoms with E-state index in [1.54, 1.807) is 12.4 Å². The number of carbonyl (C=O) groups is 1. The normalized spacial score (nSPS) is 31.6. The van der Waals surface area contributed by atoms with E-state index in [9.17, 15) is 4.79 Å². The van der Waals surface area contributed by atoms with Gasteiger partial charge in [-0.3, -0.25) is 9.78 Å². The topological polar surface area (TPSA) is 42.4 Å². The number of hydrogen-bond acceptors (Lipinski definition) is 3. The van der Waals surface area contributed by atoms with E-state index in [0.717, 1.165) is 32.4 Å². The first kappa shape index (κ1) is 14.5. The van der Waals surface area contributed by atoms with Gasteiger partial charge in [-0.1, -0.05) is 0 Å². The zero-order valence-electron chi connectivity index (χ0n) is 13.1. The van der Waals surface area contributed by atoms with Gasteiger partial charge in [0.25, 0.3) is 5.91 Å². The zero-order chi connectivity index (χ0) is 15.1. The fourth-order valence-corrected chi connectivity index (χ4v) is 3.70. The Bertz CT molecular complexity index is 529. The highest BCUT2D eigenvalue weighted by atomic mass is 16.5. The maximum absolute atomic E-state index is 12.6. The van der Waals surface area contributed by atoms with Crippen LogP contribution in [0.15, 0.2) is 24.5 Å². The molecule has 3 rings (SSSR count). The van der Waals surface area contributed by atoms with Crippen LogP contribution in [0.4, 0.5) is 0 Å². The molecule has 2 saturated heterocycles. The second-order valence-electron chi connectivity index (χ2n) is 7.15. The summed E-state index contributed by atoms with van der Waals surface area (Å²) in [4.78, 5) is 18.6. The third-order valence-electron chi connectivity index (χ3n) is 4.98. The minimum absolute atomic E-state index is 0.0409. The van der Waals surface area contributed by atoms with Gasteiger partial charge in [-0.05, 0) is 52.2 Å². The zero-order valence-corrected chi connectivity index (χ0v) is 13.1. The lowest BCUT2D eigenvalue weighted by atomic mass is 9.74. The Balaban J connectivity index is 1.72. The van der Waals surface area contributed by atoms with Gasteiger partial charge >= 0.3 is 0 Å². The highest BCUT2D eigenvalue weighted by Gasteiger charge is 2.47. The molecule has 0 bridgehead atoms. The molecule has 3 heterocycles. The number of aromatic nitrogens is 1. The van der Waals surface area contributed by atoms with Gasteiger partial charge in [0.05, 0.1) is 16.8 Å². The summed E-state index contributed by atoms with van der Waals surface area (Å²) in [5.74, 6) is 0.523. The van der Waals surface area contributed by atoms with Gasteiger partial charge in [-0.15, -0.1) is 0 Å². The summed E-state index contributed by atoms with van der Waals surface area (Å²) in [5, 5.41) is 0. The highest BCUT2D eigenvalue weighted by Crippen LogP contribution is 2.44. The van der Waals surface area contributed by atoms with Crippen LogP contribution in [0.3, 0.4) is 0 Å². The number of rotatable bonds is 1. The first-order chi connectivity index (χ1) is 9.90. The van der Waals surface area contributed by atoms with E-state index >= 15 is 0 Å². The predicted octanol–water partition coefficient (Wildman–Crippen LogP) is 2.89. The van der Waals surface area contributed by atoms with Gasteiger partial charge in [0.1, 0.15) is 0 Å². The summed E-state index contributed by atoms with van der Waals surface area (Å²) >= 11 is 0. The van der Waals surface area contributed by atoms with Gasteiger partial charge < -0.3 is 9.64 Å². The molecule has 1 aromatic rings. The second-order valence-corrected chi connectivity index (χ2v) is 7.15. The number of likely N-dealkylation sites (tertiary alicyclic amines) is 1. The highest BCUT2D eigenvalue weighted by molar-refractivity contribution is 5.93. The molecule has 2 atom stereocenters. The molecule has 1 amide bonds. The van der Waals surface area contributed by atoms with Gasteiger partial charge in [-0.2, -0.15) is 0 Å². The van der Waals surface area contributed by atoms with Crippen LogP contribution in [-0.4, -0.2) is 40.1 Å². The van der Waals surface area contributed by atoms with Gasteiger partial charge in [0.2, 0.25) is 0 Å². The number of pyridine rings is 1. The molecule has 4 nitrogen and oxygen atoms in total. The Morgan fingerprint density at radius 2 is 2.19 bits per heavy atom. The van der Waals surface area contributed by atoms with Crippen molar-refractivity contribution in [3.8, 4) is 0 Å². The molecule has 0 spiro atoms. The van der Waals surface area contributed by atoms with Crippen molar-refractivity contribution in [1.82, 2.24) is 9.88 Å². The molecule has 0 N–H and O–H groups in total. The average Bonchev–Trinajstić information content (AvgIpc) is 2.45. The van der Waals surface area contributed by atoms with Crippen LogP contribution >= 0.6 is 0 Å². The molecule has 114 valence electrons. The monoisotopic (exact) mass is 288 g/mol. The maximum Gasteiger partial charge on any atom is 0.255 e. The summed E-state index contributed by atoms with van der Waals surface area (Å²) < 4.78 is 6.35. The number of amides is 1. The van der Waals surface area contributed by atoms with Gasteiger partial charge in [0, 0.05) is 31.4 Å². The number of nitrogens with zero attached hydrogens (tertiary/aromatic N) is 2. The van der Waals surface area contributed by atoms with Crippen LogP contribution in [0, 0.1) is 5.92 Å². The maximum atomic E-state index is 12.6. The predicted molar refractivity (Wildman–Crippen MR) is 81.1 cm³/mol. The summed E-state index contributed by atoms with van der Waals surface area (Å²) in [7, 11) is 0. The van der Waals surface area contributed by atoms with Crippen molar-refractivity contribution in [3.63, 3.8) is 0 Å². The van der Waals surface area contributed by atoms with Crippen molar-refractivity contribution >= 4 is 5.91 Å². The van der Waals surface area contributed by atoms with E-state index in [-0.39, 0.29) is 17.1 Å². The Hall–Kier alpha value is -1.42. The van der Waals surface area contributed by atoms with Crippen molar-refractivity contribution in [2.24, 2.45) is 5.92 Å². The summed E-state index contributed by atoms with van der Waals surface area (Å²) in [5.41, 5.74) is 0.548. The van der Waals surface area contributed by atoms with E-state index in [4.69, 9.17) is 4.74 Å². The number of hydrogen-bond donors (Lipinski definition) is 0. The van der Waals surface area contributed by atoms with Crippen LogP contribution in [0.5, 0.6) is 0 Å². The van der Waals surface area contributed by atoms with Crippen molar-refractivity contribution in [3.05, 3.63) is 30.1 Å². The molecule has 0 aliphatic carbocycles. The van der Waals surface area contributed by atoms with Gasteiger partial charge in [-0.25, -0.2) is 0 Å². The molecular formula is C17H24N2O2. The van der Waals surface area contributed by atoms with Gasteiger partial charge in [0.15, 0.2) is 0 Å². The fourth-order valence-electron chi connectivity index (χ4n) is 3.70. The summed E-state index contributed by atoms with van der Waals surface area (Å²) in [6, 6.07) is 3.65. The van der Waals surface area contributed by atoms with Crippen LogP contribution in [0.2, 0.25) is 0 Å². The standard InChI is InChI=1S/C17H24N2O2/c1-16(2)7-6-14-12-19(10-8-17(14,3)21-16)15(20)13-5-4-9-18-11-13/h4-5,9,11,14H,6-8,10,12H2,1-3H3/t14-,17+/m0/s1. The number of piperidine rings is 1. The Morgan fingerprint density at radius 1 is 1.38 bits per heavy atom. The minimum Gasteiger partial charge on any atom is -0.369 e. The Kier molecular flexibility index (Phi) is 3.52. The number of fused-ring (bicyclic) bond motifs is 1. The molecule has 4 heteroatoms. The molecule has 2 aliphatic heterocycles. The molecule has 21 heavy (non-hydrogen) atoms. The van der Waals surface area contributed by atoms with Crippen molar-refractivity contribution in [2.75, 3.05) is 13.1 Å². The first-order valence-electron chi connectivity index (χ1n) is 7.79. The van der Waals surface area contributed by atoms with Crippen molar-refractivity contribution < 1.29 is 9.53 Å². The molecule has 0 radical (unpaired) electrons. The third kappa shape index (κ3) is 2.82. The van der Waals surface area contributed by atoms with E-state index < -0.39 is 0 Å². The van der Waals surface area contributed by atoms with E-state index in [2.05, 4.69) is 25.8 Å². The molecular weight excluding hydrogens is 264 g/mol. The smallest absolute Gasteiger partial charge is 0.255 e. The first-order valence-corrected chi connectivity index (χ1v) is 7.79. The molecule has 0 unspecified atom stereocenters. The van der Waals surface area contributed by atoms with E-state index in [0.29, 0.717) is 11.5 Å². The third-order valence-corrected chi connectivity index (χ3v) is 4.98. The fraction of sp³-hybridized carbons (Fsp3) is 0.647. The van der Waals surface area contributed by atoms with Crippen LogP contribution in [0.1, 0.15) is 50.4 Å². The average molecular weight is 288 g/mol. The Labute approximate surface area is 126 Å². The van der Waals surface area contributed by atoms with Crippen molar-refractivity contribution in [2.45, 2.75) is 51.2 Å². The van der Waals surface area contributed by atoms with Crippen LogP contribution in [-0.2, 0) is 4.74 Å². The number of ether oxygens (including phenoxy) is 1. The lowest BCUT2D eigenvalue weighted by molar-refractivity contribution is -0.210. The quantitative estimate of drug-likeness (QED) is 0.798. The van der Waals surface area contributed by atoms with E-state index in [1.165, 1.54) is 0 Å². The summed E-state index contributed by atoms with van der Waals surface area (Å²) in [6.07, 6.45) is 6.44. The van der Waals surface area contributed by atoms with E-state index in [1.807, 2.05) is 17.0 Å². The van der Waals surface area contributed by atoms with Crippen LogP contribution in [0.25, 0.3) is 0 Å². The number of carbonyl (C=O) groups excluding carboxylic acids is 1. The SMILES string of the molecule is CC1(C)CC[C@H]2CN(C(=O)c3cccnc3)CC[C@@]2(C)O1. The Morgan fingerprint density at radius 3 is 2.90 bits per heavy atom. The van der Waals surface area contributed by atoms with Crippen LogP contribution < -0.4 is 0 Å². The lowest BCUT2D eigenvalue weighted by Crippen LogP contribution is -2.58. The molecule has 2 fully saturated rings. The molecule has 0 saturated carbocycles. The molecule has 2 aliphatic rings. The van der Waals surface area contributed by atoms with Crippen molar-refractivity contribution in [1.29, 1.82) is 0 Å². The molecule has 1 aromatic heterocycles. The summed E-state index contributed by atoms with van der Waals surface area (Å²) in [6.45, 7) is 8.10. The molecule has 0 aromatic carbocycles. The lowest BCUT2D eigenvalue weighted by Gasteiger charge is -2.53. The second kappa shape index (κ2) is 5.09. The largest absolute Gasteiger partial charge is 0.369 e.